The average molecular weight is 290 g/mol. The van der Waals surface area contributed by atoms with E-state index in [4.69, 9.17) is 0 Å². The Balaban J connectivity index is 1.74. The van der Waals surface area contributed by atoms with Gasteiger partial charge in [-0.05, 0) is 44.4 Å². The number of nitrogens with zero attached hydrogens (tertiary/aromatic N) is 1. The second kappa shape index (κ2) is 5.93. The van der Waals surface area contributed by atoms with Gasteiger partial charge in [0.15, 0.2) is 0 Å². The van der Waals surface area contributed by atoms with Gasteiger partial charge in [0.25, 0.3) is 5.91 Å². The fourth-order valence-electron chi connectivity index (χ4n) is 2.99. The zero-order valence-electron chi connectivity index (χ0n) is 12.1. The first-order chi connectivity index (χ1) is 10.1. The molecule has 5 nitrogen and oxygen atoms in total. The van der Waals surface area contributed by atoms with Gasteiger partial charge in [0.05, 0.1) is 0 Å². The Bertz CT molecular complexity index is 502. The second-order valence-electron chi connectivity index (χ2n) is 6.07. The highest BCUT2D eigenvalue weighted by atomic mass is 16.3. The van der Waals surface area contributed by atoms with Gasteiger partial charge in [0, 0.05) is 30.3 Å². The van der Waals surface area contributed by atoms with Gasteiger partial charge in [-0.25, -0.2) is 0 Å². The Morgan fingerprint density at radius 1 is 1.14 bits per heavy atom. The third-order valence-corrected chi connectivity index (χ3v) is 4.23. The predicted molar refractivity (Wildman–Crippen MR) is 79.5 cm³/mol. The monoisotopic (exact) mass is 290 g/mol. The molecule has 1 aromatic rings. The van der Waals surface area contributed by atoms with Crippen LogP contribution in [0.4, 0.5) is 0 Å². The molecule has 5 heteroatoms. The Labute approximate surface area is 124 Å². The molecular weight excluding hydrogens is 268 g/mol. The maximum absolute atomic E-state index is 12.7. The van der Waals surface area contributed by atoms with Crippen molar-refractivity contribution in [2.45, 2.75) is 44.2 Å². The molecule has 1 unspecified atom stereocenters. The molecule has 1 aliphatic heterocycles. The van der Waals surface area contributed by atoms with Crippen LogP contribution in [-0.4, -0.2) is 46.2 Å². The van der Waals surface area contributed by atoms with E-state index in [0.717, 1.165) is 25.8 Å². The van der Waals surface area contributed by atoms with Crippen LogP contribution in [0, 0.1) is 0 Å². The van der Waals surface area contributed by atoms with Crippen LogP contribution in [-0.2, 0) is 0 Å². The van der Waals surface area contributed by atoms with Crippen LogP contribution in [0.25, 0.3) is 0 Å². The van der Waals surface area contributed by atoms with Crippen molar-refractivity contribution in [1.29, 1.82) is 0 Å². The molecule has 1 atom stereocenters. The molecule has 1 aromatic carbocycles. The molecule has 2 aliphatic rings. The van der Waals surface area contributed by atoms with Crippen LogP contribution in [0.2, 0.25) is 0 Å². The van der Waals surface area contributed by atoms with Crippen molar-refractivity contribution in [3.8, 4) is 11.5 Å². The summed E-state index contributed by atoms with van der Waals surface area (Å²) in [5.74, 6) is -0.258. The Hall–Kier alpha value is -1.75. The number of hydrogen-bond acceptors (Lipinski definition) is 4. The van der Waals surface area contributed by atoms with Crippen molar-refractivity contribution in [1.82, 2.24) is 10.2 Å². The van der Waals surface area contributed by atoms with Gasteiger partial charge >= 0.3 is 0 Å². The summed E-state index contributed by atoms with van der Waals surface area (Å²) < 4.78 is 0. The molecule has 1 saturated carbocycles. The summed E-state index contributed by atoms with van der Waals surface area (Å²) in [4.78, 5) is 14.6. The highest BCUT2D eigenvalue weighted by Crippen LogP contribution is 2.30. The van der Waals surface area contributed by atoms with Crippen molar-refractivity contribution in [2.24, 2.45) is 0 Å². The molecule has 1 aliphatic carbocycles. The lowest BCUT2D eigenvalue weighted by Gasteiger charge is -2.31. The third kappa shape index (κ3) is 3.47. The SMILES string of the molecule is O=C(c1cc(O)cc(O)c1)N(CC1CCCCN1)C1CC1. The molecule has 1 amide bonds. The average Bonchev–Trinajstić information content (AvgIpc) is 3.29. The summed E-state index contributed by atoms with van der Waals surface area (Å²) in [7, 11) is 0. The van der Waals surface area contributed by atoms with E-state index < -0.39 is 0 Å². The van der Waals surface area contributed by atoms with Crippen LogP contribution in [0.15, 0.2) is 18.2 Å². The summed E-state index contributed by atoms with van der Waals surface area (Å²) in [5.41, 5.74) is 0.357. The van der Waals surface area contributed by atoms with E-state index in [0.29, 0.717) is 24.2 Å². The van der Waals surface area contributed by atoms with Crippen molar-refractivity contribution in [3.05, 3.63) is 23.8 Å². The van der Waals surface area contributed by atoms with E-state index in [1.165, 1.54) is 31.0 Å². The summed E-state index contributed by atoms with van der Waals surface area (Å²) >= 11 is 0. The van der Waals surface area contributed by atoms with Crippen LogP contribution >= 0.6 is 0 Å². The van der Waals surface area contributed by atoms with Crippen molar-refractivity contribution < 1.29 is 15.0 Å². The van der Waals surface area contributed by atoms with Gasteiger partial charge in [-0.3, -0.25) is 4.79 Å². The minimum absolute atomic E-state index is 0.0788. The maximum atomic E-state index is 12.7. The second-order valence-corrected chi connectivity index (χ2v) is 6.07. The zero-order chi connectivity index (χ0) is 14.8. The normalized spacial score (nSPS) is 22.0. The molecule has 114 valence electrons. The molecule has 1 saturated heterocycles. The largest absolute Gasteiger partial charge is 0.508 e. The standard InChI is InChI=1S/C16H22N2O3/c19-14-7-11(8-15(20)9-14)16(21)18(13-4-5-13)10-12-3-1-2-6-17-12/h7-9,12-13,17,19-20H,1-6,10H2. The molecule has 3 rings (SSSR count). The van der Waals surface area contributed by atoms with Crippen molar-refractivity contribution >= 4 is 5.91 Å². The van der Waals surface area contributed by atoms with Gasteiger partial charge in [-0.2, -0.15) is 0 Å². The Morgan fingerprint density at radius 3 is 2.43 bits per heavy atom. The number of phenolic OH excluding ortho intramolecular Hbond substituents is 2. The number of nitrogens with one attached hydrogen (secondary N) is 1. The first kappa shape index (κ1) is 14.2. The summed E-state index contributed by atoms with van der Waals surface area (Å²) in [6.07, 6.45) is 5.60. The number of piperidine rings is 1. The first-order valence-corrected chi connectivity index (χ1v) is 7.71. The minimum atomic E-state index is -0.101. The fourth-order valence-corrected chi connectivity index (χ4v) is 2.99. The molecule has 21 heavy (non-hydrogen) atoms. The highest BCUT2D eigenvalue weighted by Gasteiger charge is 2.34. The molecule has 0 spiro atoms. The molecular formula is C16H22N2O3. The molecule has 0 aromatic heterocycles. The number of carbonyl (C=O) groups is 1. The number of hydrogen-bond donors (Lipinski definition) is 3. The Morgan fingerprint density at radius 2 is 1.86 bits per heavy atom. The predicted octanol–water partition coefficient (Wildman–Crippen LogP) is 1.84. The van der Waals surface area contributed by atoms with Crippen molar-refractivity contribution in [2.75, 3.05) is 13.1 Å². The number of benzene rings is 1. The highest BCUT2D eigenvalue weighted by molar-refractivity contribution is 5.95. The Kier molecular flexibility index (Phi) is 4.01. The number of phenols is 2. The molecule has 2 fully saturated rings. The van der Waals surface area contributed by atoms with Crippen LogP contribution < -0.4 is 5.32 Å². The number of amides is 1. The number of carbonyl (C=O) groups excluding carboxylic acids is 1. The molecule has 3 N–H and O–H groups in total. The van der Waals surface area contributed by atoms with E-state index in [-0.39, 0.29) is 17.4 Å². The lowest BCUT2D eigenvalue weighted by molar-refractivity contribution is 0.0717. The van der Waals surface area contributed by atoms with Gasteiger partial charge in [0.1, 0.15) is 11.5 Å². The van der Waals surface area contributed by atoms with Gasteiger partial charge in [-0.1, -0.05) is 6.42 Å². The lowest BCUT2D eigenvalue weighted by atomic mass is 10.0. The van der Waals surface area contributed by atoms with Crippen LogP contribution in [0.3, 0.4) is 0 Å². The smallest absolute Gasteiger partial charge is 0.254 e. The quantitative estimate of drug-likeness (QED) is 0.791. The van der Waals surface area contributed by atoms with E-state index in [9.17, 15) is 15.0 Å². The van der Waals surface area contributed by atoms with Crippen molar-refractivity contribution in [3.63, 3.8) is 0 Å². The van der Waals surface area contributed by atoms with Gasteiger partial charge < -0.3 is 20.4 Å². The van der Waals surface area contributed by atoms with Crippen LogP contribution in [0.5, 0.6) is 11.5 Å². The third-order valence-electron chi connectivity index (χ3n) is 4.23. The lowest BCUT2D eigenvalue weighted by Crippen LogP contribution is -2.46. The topological polar surface area (TPSA) is 72.8 Å². The number of rotatable bonds is 4. The van der Waals surface area contributed by atoms with Gasteiger partial charge in [0.2, 0.25) is 0 Å². The maximum Gasteiger partial charge on any atom is 0.254 e. The first-order valence-electron chi connectivity index (χ1n) is 7.71. The van der Waals surface area contributed by atoms with Crippen LogP contribution in [0.1, 0.15) is 42.5 Å². The van der Waals surface area contributed by atoms with Gasteiger partial charge in [-0.15, -0.1) is 0 Å². The molecule has 0 radical (unpaired) electrons. The molecule has 1 heterocycles. The van der Waals surface area contributed by atoms with E-state index in [1.807, 2.05) is 4.90 Å². The minimum Gasteiger partial charge on any atom is -0.508 e. The summed E-state index contributed by atoms with van der Waals surface area (Å²) in [6, 6.07) is 4.75. The summed E-state index contributed by atoms with van der Waals surface area (Å²) in [6.45, 7) is 1.73. The number of aromatic hydroxyl groups is 2. The summed E-state index contributed by atoms with van der Waals surface area (Å²) in [5, 5.41) is 22.6. The van der Waals surface area contributed by atoms with E-state index in [2.05, 4.69) is 5.32 Å². The zero-order valence-corrected chi connectivity index (χ0v) is 12.1. The molecule has 0 bridgehead atoms. The van der Waals surface area contributed by atoms with E-state index in [1.54, 1.807) is 0 Å². The fraction of sp³-hybridized carbons (Fsp3) is 0.562. The van der Waals surface area contributed by atoms with E-state index >= 15 is 0 Å².